The van der Waals surface area contributed by atoms with Gasteiger partial charge in [-0.25, -0.2) is 4.79 Å². The van der Waals surface area contributed by atoms with Crippen LogP contribution in [-0.4, -0.2) is 17.6 Å². The van der Waals surface area contributed by atoms with Gasteiger partial charge >= 0.3 is 5.97 Å². The van der Waals surface area contributed by atoms with Gasteiger partial charge in [0.05, 0.1) is 17.9 Å². The second kappa shape index (κ2) is 12.8. The highest BCUT2D eigenvalue weighted by molar-refractivity contribution is 5.91. The lowest BCUT2D eigenvalue weighted by Crippen LogP contribution is -2.08. The monoisotopic (exact) mass is 431 g/mol. The summed E-state index contributed by atoms with van der Waals surface area (Å²) in [5, 5.41) is 0. The average molecular weight is 432 g/mol. The highest BCUT2D eigenvalue weighted by Crippen LogP contribution is 2.22. The van der Waals surface area contributed by atoms with Gasteiger partial charge in [0.1, 0.15) is 5.75 Å². The number of esters is 1. The number of pyridine rings is 1. The second-order valence-corrected chi connectivity index (χ2v) is 8.03. The largest absolute Gasteiger partial charge is 0.423 e. The number of benzene rings is 2. The van der Waals surface area contributed by atoms with Gasteiger partial charge < -0.3 is 9.47 Å². The number of carbonyl (C=O) groups is 1. The van der Waals surface area contributed by atoms with Crippen LogP contribution in [0.15, 0.2) is 66.9 Å². The summed E-state index contributed by atoms with van der Waals surface area (Å²) in [6.45, 7) is 5.71. The van der Waals surface area contributed by atoms with Gasteiger partial charge in [0.25, 0.3) is 0 Å². The van der Waals surface area contributed by atoms with Crippen LogP contribution in [0.5, 0.6) is 5.75 Å². The summed E-state index contributed by atoms with van der Waals surface area (Å²) in [4.78, 5) is 17.0. The number of aryl methyl sites for hydroxylation is 1. The van der Waals surface area contributed by atoms with Crippen LogP contribution in [0.25, 0.3) is 11.3 Å². The lowest BCUT2D eigenvalue weighted by atomic mass is 10.1. The van der Waals surface area contributed by atoms with Crippen LogP contribution < -0.4 is 4.74 Å². The molecule has 0 unspecified atom stereocenters. The number of unbranched alkanes of at least 4 members (excludes halogenated alkanes) is 3. The van der Waals surface area contributed by atoms with Crippen molar-refractivity contribution in [2.24, 2.45) is 0 Å². The standard InChI is InChI=1S/C28H33NO3/c1-3-5-7-8-22-9-12-25(13-10-22)28(30)32-26-16-14-24(15-17-26)27-18-11-23(20-29-27)21-31-19-6-4-2/h9-18,20H,3-8,19,21H2,1-2H3. The number of hydrogen-bond donors (Lipinski definition) is 0. The lowest BCUT2D eigenvalue weighted by molar-refractivity contribution is 0.0735. The zero-order valence-electron chi connectivity index (χ0n) is 19.2. The van der Waals surface area contributed by atoms with Gasteiger partial charge in [0.2, 0.25) is 0 Å². The van der Waals surface area contributed by atoms with E-state index in [2.05, 4.69) is 18.8 Å². The first-order valence-electron chi connectivity index (χ1n) is 11.6. The highest BCUT2D eigenvalue weighted by atomic mass is 16.5. The fourth-order valence-electron chi connectivity index (χ4n) is 3.36. The molecule has 32 heavy (non-hydrogen) atoms. The van der Waals surface area contributed by atoms with E-state index in [1.807, 2.05) is 54.7 Å². The zero-order valence-corrected chi connectivity index (χ0v) is 19.2. The highest BCUT2D eigenvalue weighted by Gasteiger charge is 2.09. The summed E-state index contributed by atoms with van der Waals surface area (Å²) in [6, 6.07) is 19.2. The lowest BCUT2D eigenvalue weighted by Gasteiger charge is -2.08. The maximum atomic E-state index is 12.5. The summed E-state index contributed by atoms with van der Waals surface area (Å²) in [5.41, 5.74) is 4.72. The normalized spacial score (nSPS) is 10.8. The molecule has 3 aromatic rings. The summed E-state index contributed by atoms with van der Waals surface area (Å²) in [6.07, 6.45) is 8.72. The van der Waals surface area contributed by atoms with Crippen LogP contribution in [0.4, 0.5) is 0 Å². The number of ether oxygens (including phenoxy) is 2. The molecule has 0 fully saturated rings. The molecule has 2 aromatic carbocycles. The van der Waals surface area contributed by atoms with Crippen LogP contribution in [0.2, 0.25) is 0 Å². The number of aromatic nitrogens is 1. The number of hydrogen-bond acceptors (Lipinski definition) is 4. The van der Waals surface area contributed by atoms with Crippen molar-refractivity contribution in [1.29, 1.82) is 0 Å². The van der Waals surface area contributed by atoms with Crippen molar-refractivity contribution in [3.63, 3.8) is 0 Å². The summed E-state index contributed by atoms with van der Waals surface area (Å²) < 4.78 is 11.2. The van der Waals surface area contributed by atoms with Gasteiger partial charge in [-0.1, -0.05) is 51.3 Å². The maximum absolute atomic E-state index is 12.5. The van der Waals surface area contributed by atoms with Crippen LogP contribution in [0.3, 0.4) is 0 Å². The molecule has 0 aliphatic rings. The molecule has 1 heterocycles. The Labute approximate surface area is 191 Å². The van der Waals surface area contributed by atoms with E-state index in [4.69, 9.17) is 9.47 Å². The van der Waals surface area contributed by atoms with Crippen molar-refractivity contribution < 1.29 is 14.3 Å². The van der Waals surface area contributed by atoms with Crippen LogP contribution in [0.1, 0.15) is 67.4 Å². The van der Waals surface area contributed by atoms with Crippen molar-refractivity contribution >= 4 is 5.97 Å². The molecule has 0 spiro atoms. The Morgan fingerprint density at radius 1 is 0.812 bits per heavy atom. The predicted molar refractivity (Wildman–Crippen MR) is 129 cm³/mol. The number of nitrogens with zero attached hydrogens (tertiary/aromatic N) is 1. The fraction of sp³-hybridized carbons (Fsp3) is 0.357. The quantitative estimate of drug-likeness (QED) is 0.176. The molecule has 0 saturated carbocycles. The van der Waals surface area contributed by atoms with E-state index in [1.165, 1.54) is 24.8 Å². The van der Waals surface area contributed by atoms with Crippen molar-refractivity contribution in [1.82, 2.24) is 4.98 Å². The molecular weight excluding hydrogens is 398 g/mol. The van der Waals surface area contributed by atoms with Gasteiger partial charge in [0, 0.05) is 18.4 Å². The molecular formula is C28H33NO3. The smallest absolute Gasteiger partial charge is 0.343 e. The van der Waals surface area contributed by atoms with Gasteiger partial charge in [-0.2, -0.15) is 0 Å². The van der Waals surface area contributed by atoms with E-state index in [0.717, 1.165) is 42.7 Å². The van der Waals surface area contributed by atoms with E-state index >= 15 is 0 Å². The predicted octanol–water partition coefficient (Wildman–Crippen LogP) is 7.02. The van der Waals surface area contributed by atoms with Crippen LogP contribution in [-0.2, 0) is 17.8 Å². The molecule has 1 aromatic heterocycles. The van der Waals surface area contributed by atoms with Crippen LogP contribution >= 0.6 is 0 Å². The van der Waals surface area contributed by atoms with E-state index in [9.17, 15) is 4.79 Å². The third-order valence-corrected chi connectivity index (χ3v) is 5.35. The van der Waals surface area contributed by atoms with E-state index in [1.54, 1.807) is 12.1 Å². The van der Waals surface area contributed by atoms with Crippen LogP contribution in [0, 0.1) is 0 Å². The summed E-state index contributed by atoms with van der Waals surface area (Å²) >= 11 is 0. The molecule has 0 aliphatic carbocycles. The average Bonchev–Trinajstić information content (AvgIpc) is 2.83. The van der Waals surface area contributed by atoms with Gasteiger partial charge in [-0.05, 0) is 72.9 Å². The number of rotatable bonds is 12. The van der Waals surface area contributed by atoms with E-state index in [-0.39, 0.29) is 5.97 Å². The SMILES string of the molecule is CCCCCc1ccc(C(=O)Oc2ccc(-c3ccc(COCCCC)cn3)cc2)cc1. The Hall–Kier alpha value is -2.98. The minimum Gasteiger partial charge on any atom is -0.423 e. The van der Waals surface area contributed by atoms with Crippen molar-refractivity contribution in [2.75, 3.05) is 6.61 Å². The molecule has 0 amide bonds. The maximum Gasteiger partial charge on any atom is 0.343 e. The Morgan fingerprint density at radius 2 is 1.53 bits per heavy atom. The Balaban J connectivity index is 1.53. The summed E-state index contributed by atoms with van der Waals surface area (Å²) in [7, 11) is 0. The van der Waals surface area contributed by atoms with E-state index in [0.29, 0.717) is 17.9 Å². The Bertz CT molecular complexity index is 947. The second-order valence-electron chi connectivity index (χ2n) is 8.03. The molecule has 0 N–H and O–H groups in total. The molecule has 0 atom stereocenters. The van der Waals surface area contributed by atoms with Crippen molar-refractivity contribution in [2.45, 2.75) is 59.0 Å². The minimum atomic E-state index is -0.344. The zero-order chi connectivity index (χ0) is 22.6. The molecule has 0 radical (unpaired) electrons. The molecule has 4 nitrogen and oxygen atoms in total. The molecule has 0 saturated heterocycles. The first-order chi connectivity index (χ1) is 15.7. The number of carbonyl (C=O) groups excluding carboxylic acids is 1. The van der Waals surface area contributed by atoms with Gasteiger partial charge in [-0.15, -0.1) is 0 Å². The third kappa shape index (κ3) is 7.31. The molecule has 168 valence electrons. The first-order valence-corrected chi connectivity index (χ1v) is 11.6. The molecule has 0 bridgehead atoms. The Kier molecular flexibility index (Phi) is 9.45. The third-order valence-electron chi connectivity index (χ3n) is 5.35. The minimum absolute atomic E-state index is 0.344. The fourth-order valence-corrected chi connectivity index (χ4v) is 3.36. The van der Waals surface area contributed by atoms with Crippen molar-refractivity contribution in [3.05, 3.63) is 83.6 Å². The van der Waals surface area contributed by atoms with E-state index < -0.39 is 0 Å². The summed E-state index contributed by atoms with van der Waals surface area (Å²) in [5.74, 6) is 0.176. The Morgan fingerprint density at radius 3 is 2.19 bits per heavy atom. The van der Waals surface area contributed by atoms with Gasteiger partial charge in [0.15, 0.2) is 0 Å². The molecule has 0 aliphatic heterocycles. The van der Waals surface area contributed by atoms with Crippen molar-refractivity contribution in [3.8, 4) is 17.0 Å². The van der Waals surface area contributed by atoms with Gasteiger partial charge in [-0.3, -0.25) is 4.98 Å². The first kappa shape index (κ1) is 23.7. The topological polar surface area (TPSA) is 48.4 Å². The molecule has 4 heteroatoms. The molecule has 3 rings (SSSR count).